The lowest BCUT2D eigenvalue weighted by Crippen LogP contribution is -2.01. The lowest BCUT2D eigenvalue weighted by molar-refractivity contribution is 1.07. The second-order valence-electron chi connectivity index (χ2n) is 14.7. The highest BCUT2D eigenvalue weighted by molar-refractivity contribution is 7.26. The Hall–Kier alpha value is -7.74. The molecule has 8 aromatic carbocycles. The Morgan fingerprint density at radius 1 is 0.356 bits per heavy atom. The molecule has 0 saturated carbocycles. The lowest BCUT2D eigenvalue weighted by Gasteiger charge is -2.12. The van der Waals surface area contributed by atoms with Crippen molar-refractivity contribution in [2.45, 2.75) is 0 Å². The van der Waals surface area contributed by atoms with Gasteiger partial charge in [-0.1, -0.05) is 121 Å². The second-order valence-corrected chi connectivity index (χ2v) is 15.8. The van der Waals surface area contributed by atoms with Crippen molar-refractivity contribution in [3.05, 3.63) is 194 Å². The fraction of sp³-hybridized carbons (Fsp3) is 0. The molecule has 12 aromatic rings. The predicted octanol–water partition coefficient (Wildman–Crippen LogP) is 13.3. The monoisotopic (exact) mass is 772 g/mol. The topological polar surface area (TPSA) is 61.4 Å². The summed E-state index contributed by atoms with van der Waals surface area (Å²) in [6.45, 7) is 0. The molecule has 0 atom stereocenters. The Morgan fingerprint density at radius 3 is 1.75 bits per heavy atom. The van der Waals surface area contributed by atoms with Gasteiger partial charge in [0.1, 0.15) is 5.82 Å². The van der Waals surface area contributed by atoms with Gasteiger partial charge in [0, 0.05) is 64.6 Å². The van der Waals surface area contributed by atoms with E-state index in [0.717, 1.165) is 72.3 Å². The maximum Gasteiger partial charge on any atom is 0.164 e. The SMILES string of the molecule is c1ccc(-c2nc(-c3cccc(-n4c5ccccc5c5ccccc54)c3)nc(-c3cccc4sc5ccc(-c6nc7ccccc7n6-c6ccccc6)cc5c34)n2)cc1. The number of imidazole rings is 1. The number of nitrogens with zero attached hydrogens (tertiary/aromatic N) is 6. The van der Waals surface area contributed by atoms with Crippen LogP contribution in [0.15, 0.2) is 194 Å². The van der Waals surface area contributed by atoms with E-state index in [2.05, 4.69) is 173 Å². The molecule has 7 heteroatoms. The van der Waals surface area contributed by atoms with E-state index in [1.54, 1.807) is 11.3 Å². The van der Waals surface area contributed by atoms with E-state index in [0.29, 0.717) is 17.5 Å². The Kier molecular flexibility index (Phi) is 7.61. The smallest absolute Gasteiger partial charge is 0.164 e. The molecule has 0 aliphatic carbocycles. The molecule has 0 fully saturated rings. The number of hydrogen-bond donors (Lipinski definition) is 0. The quantitative estimate of drug-likeness (QED) is 0.169. The van der Waals surface area contributed by atoms with Gasteiger partial charge in [-0.3, -0.25) is 4.57 Å². The highest BCUT2D eigenvalue weighted by atomic mass is 32.1. The van der Waals surface area contributed by atoms with Crippen LogP contribution in [0.1, 0.15) is 0 Å². The summed E-state index contributed by atoms with van der Waals surface area (Å²) in [7, 11) is 0. The number of hydrogen-bond acceptors (Lipinski definition) is 5. The summed E-state index contributed by atoms with van der Waals surface area (Å²) < 4.78 is 6.94. The van der Waals surface area contributed by atoms with Gasteiger partial charge in [-0.15, -0.1) is 11.3 Å². The summed E-state index contributed by atoms with van der Waals surface area (Å²) in [6.07, 6.45) is 0. The molecule has 0 saturated heterocycles. The molecule has 59 heavy (non-hydrogen) atoms. The molecular formula is C52H32N6S. The van der Waals surface area contributed by atoms with Crippen LogP contribution < -0.4 is 0 Å². The third-order valence-electron chi connectivity index (χ3n) is 11.2. The van der Waals surface area contributed by atoms with E-state index in [1.807, 2.05) is 30.3 Å². The van der Waals surface area contributed by atoms with Crippen LogP contribution in [-0.2, 0) is 0 Å². The molecule has 0 aliphatic heterocycles. The number of benzene rings is 8. The summed E-state index contributed by atoms with van der Waals surface area (Å²) in [4.78, 5) is 20.9. The average molecular weight is 773 g/mol. The second kappa shape index (κ2) is 13.4. The van der Waals surface area contributed by atoms with E-state index < -0.39 is 0 Å². The zero-order chi connectivity index (χ0) is 38.9. The van der Waals surface area contributed by atoms with Gasteiger partial charge >= 0.3 is 0 Å². The van der Waals surface area contributed by atoms with E-state index >= 15 is 0 Å². The minimum atomic E-state index is 0.616. The largest absolute Gasteiger partial charge is 0.309 e. The number of rotatable bonds is 6. The third kappa shape index (κ3) is 5.47. The molecule has 4 heterocycles. The fourth-order valence-corrected chi connectivity index (χ4v) is 9.65. The van der Waals surface area contributed by atoms with Crippen molar-refractivity contribution in [2.24, 2.45) is 0 Å². The summed E-state index contributed by atoms with van der Waals surface area (Å²) in [5.41, 5.74) is 10.3. The normalized spacial score (nSPS) is 11.7. The van der Waals surface area contributed by atoms with Crippen molar-refractivity contribution in [1.82, 2.24) is 29.1 Å². The predicted molar refractivity (Wildman–Crippen MR) is 243 cm³/mol. The van der Waals surface area contributed by atoms with Crippen molar-refractivity contribution < 1.29 is 0 Å². The van der Waals surface area contributed by atoms with E-state index in [4.69, 9.17) is 19.9 Å². The molecule has 0 amide bonds. The minimum Gasteiger partial charge on any atom is -0.309 e. The van der Waals surface area contributed by atoms with Gasteiger partial charge < -0.3 is 4.57 Å². The third-order valence-corrected chi connectivity index (χ3v) is 12.3. The number of fused-ring (bicyclic) bond motifs is 7. The van der Waals surface area contributed by atoms with Crippen LogP contribution in [-0.4, -0.2) is 29.1 Å². The first kappa shape index (κ1) is 33.4. The van der Waals surface area contributed by atoms with Crippen LogP contribution in [0, 0.1) is 0 Å². The Morgan fingerprint density at radius 2 is 0.966 bits per heavy atom. The Labute approximate surface area is 343 Å². The minimum absolute atomic E-state index is 0.616. The van der Waals surface area contributed by atoms with Crippen LogP contribution in [0.5, 0.6) is 0 Å². The van der Waals surface area contributed by atoms with E-state index in [-0.39, 0.29) is 0 Å². The molecule has 4 aromatic heterocycles. The van der Waals surface area contributed by atoms with Crippen molar-refractivity contribution in [1.29, 1.82) is 0 Å². The van der Waals surface area contributed by atoms with Gasteiger partial charge in [-0.25, -0.2) is 19.9 Å². The fourth-order valence-electron chi connectivity index (χ4n) is 8.54. The Bertz CT molecular complexity index is 3510. The van der Waals surface area contributed by atoms with Crippen LogP contribution in [0.4, 0.5) is 0 Å². The van der Waals surface area contributed by atoms with Gasteiger partial charge in [-0.05, 0) is 72.8 Å². The molecular weight excluding hydrogens is 741 g/mol. The van der Waals surface area contributed by atoms with Crippen LogP contribution in [0.25, 0.3) is 110 Å². The molecule has 0 unspecified atom stereocenters. The van der Waals surface area contributed by atoms with Gasteiger partial charge in [0.25, 0.3) is 0 Å². The molecule has 0 aliphatic rings. The van der Waals surface area contributed by atoms with E-state index in [1.165, 1.54) is 20.2 Å². The number of para-hydroxylation sites is 5. The van der Waals surface area contributed by atoms with Gasteiger partial charge in [-0.2, -0.15) is 0 Å². The molecule has 0 spiro atoms. The van der Waals surface area contributed by atoms with Crippen molar-refractivity contribution in [3.63, 3.8) is 0 Å². The van der Waals surface area contributed by atoms with Crippen molar-refractivity contribution in [2.75, 3.05) is 0 Å². The maximum absolute atomic E-state index is 5.30. The molecule has 6 nitrogen and oxygen atoms in total. The van der Waals surface area contributed by atoms with Crippen molar-refractivity contribution >= 4 is 64.3 Å². The van der Waals surface area contributed by atoms with E-state index in [9.17, 15) is 0 Å². The molecule has 0 radical (unpaired) electrons. The summed E-state index contributed by atoms with van der Waals surface area (Å²) in [5, 5.41) is 4.70. The Balaban J connectivity index is 1.06. The first-order valence-electron chi connectivity index (χ1n) is 19.6. The van der Waals surface area contributed by atoms with Gasteiger partial charge in [0.05, 0.1) is 22.1 Å². The molecule has 12 rings (SSSR count). The molecule has 276 valence electrons. The van der Waals surface area contributed by atoms with Crippen LogP contribution in [0.3, 0.4) is 0 Å². The molecule has 0 N–H and O–H groups in total. The molecule has 0 bridgehead atoms. The summed E-state index contributed by atoms with van der Waals surface area (Å²) in [5.74, 6) is 2.77. The van der Waals surface area contributed by atoms with Crippen LogP contribution >= 0.6 is 11.3 Å². The lowest BCUT2D eigenvalue weighted by atomic mass is 10.0. The zero-order valence-electron chi connectivity index (χ0n) is 31.6. The number of thiophene rings is 1. The summed E-state index contributed by atoms with van der Waals surface area (Å²) >= 11 is 1.78. The van der Waals surface area contributed by atoms with Crippen molar-refractivity contribution in [3.8, 4) is 56.9 Å². The average Bonchev–Trinajstić information content (AvgIpc) is 3.99. The highest BCUT2D eigenvalue weighted by Crippen LogP contribution is 2.42. The summed E-state index contributed by atoms with van der Waals surface area (Å²) in [6, 6.07) is 67.8. The first-order valence-corrected chi connectivity index (χ1v) is 20.5. The van der Waals surface area contributed by atoms with Gasteiger partial charge in [0.15, 0.2) is 17.5 Å². The van der Waals surface area contributed by atoms with Gasteiger partial charge in [0.2, 0.25) is 0 Å². The first-order chi connectivity index (χ1) is 29.2. The zero-order valence-corrected chi connectivity index (χ0v) is 32.4. The standard InChI is InChI=1S/C52H32N6S/c1-3-15-33(16-4-1)49-54-50(34-17-13-20-37(31-34)57-43-25-10-7-21-38(43)39-22-8-11-26-44(39)57)56-51(55-49)40-23-14-28-47-48(40)41-32-35(29-30-46(41)59-47)52-53-42-24-9-12-27-45(42)58(52)36-18-5-2-6-19-36/h1-32H. The maximum atomic E-state index is 5.30. The highest BCUT2D eigenvalue weighted by Gasteiger charge is 2.20. The number of aromatic nitrogens is 6. The van der Waals surface area contributed by atoms with Crippen LogP contribution in [0.2, 0.25) is 0 Å².